The topological polar surface area (TPSA) is 48.5 Å². The highest BCUT2D eigenvalue weighted by atomic mass is 15.0. The smallest absolute Gasteiger partial charge is 0.164 e. The molecular formula is C59H39N5. The second-order valence-corrected chi connectivity index (χ2v) is 16.7. The van der Waals surface area contributed by atoms with E-state index in [1.807, 2.05) is 24.3 Å². The lowest BCUT2D eigenvalue weighted by Crippen LogP contribution is -2.01. The van der Waals surface area contributed by atoms with Gasteiger partial charge in [-0.05, 0) is 88.7 Å². The Labute approximate surface area is 369 Å². The first-order valence-corrected chi connectivity index (χ1v) is 22.0. The summed E-state index contributed by atoms with van der Waals surface area (Å²) in [6.07, 6.45) is 8.77. The molecule has 1 aliphatic carbocycles. The number of benzene rings is 9. The van der Waals surface area contributed by atoms with Crippen molar-refractivity contribution in [1.29, 1.82) is 0 Å². The van der Waals surface area contributed by atoms with E-state index < -0.39 is 0 Å². The first-order valence-electron chi connectivity index (χ1n) is 22.0. The largest absolute Gasteiger partial charge is 0.313 e. The van der Waals surface area contributed by atoms with Crippen LogP contribution in [0, 0.1) is 0 Å². The van der Waals surface area contributed by atoms with Crippen LogP contribution in [0.1, 0.15) is 12.8 Å². The molecule has 5 heteroatoms. The fourth-order valence-electron chi connectivity index (χ4n) is 10.0. The number of fused-ring (bicyclic) bond motifs is 8. The summed E-state index contributed by atoms with van der Waals surface area (Å²) in [7, 11) is 0. The molecular weight excluding hydrogens is 779 g/mol. The van der Waals surface area contributed by atoms with E-state index in [1.165, 1.54) is 54.6 Å². The zero-order chi connectivity index (χ0) is 42.1. The van der Waals surface area contributed by atoms with Crippen LogP contribution in [-0.4, -0.2) is 24.1 Å². The van der Waals surface area contributed by atoms with Crippen LogP contribution >= 0.6 is 0 Å². The number of hydrogen-bond acceptors (Lipinski definition) is 3. The minimum absolute atomic E-state index is 0.632. The fraction of sp³-hybridized carbons (Fsp3) is 0.0339. The van der Waals surface area contributed by atoms with Crippen LogP contribution in [0.2, 0.25) is 0 Å². The summed E-state index contributed by atoms with van der Waals surface area (Å²) in [4.78, 5) is 15.6. The van der Waals surface area contributed by atoms with Crippen LogP contribution < -0.4 is 0 Å². The van der Waals surface area contributed by atoms with Gasteiger partial charge in [0.25, 0.3) is 0 Å². The van der Waals surface area contributed by atoms with Crippen LogP contribution in [0.4, 0.5) is 0 Å². The van der Waals surface area contributed by atoms with Gasteiger partial charge in [0.1, 0.15) is 0 Å². The molecule has 12 aromatic rings. The minimum atomic E-state index is 0.632. The van der Waals surface area contributed by atoms with Gasteiger partial charge in [0.15, 0.2) is 17.5 Å². The normalized spacial score (nSPS) is 12.9. The summed E-state index contributed by atoms with van der Waals surface area (Å²) in [6, 6.07) is 69.5. The molecule has 0 spiro atoms. The predicted octanol–water partition coefficient (Wildman–Crippen LogP) is 15.2. The second-order valence-electron chi connectivity index (χ2n) is 16.7. The SMILES string of the molecule is C1=CCCC(n2c3cc4ccccc4cc3c3cc4c5ccccc5n(-c5cccc6c(-c7nc(-c8ccccc8)nc(-c8cccc(-c9ccccc9)c8)n7)cccc56)c4cc32)=C1. The highest BCUT2D eigenvalue weighted by Crippen LogP contribution is 2.43. The summed E-state index contributed by atoms with van der Waals surface area (Å²) in [5, 5.41) is 9.68. The molecule has 9 aromatic carbocycles. The molecule has 0 saturated carbocycles. The van der Waals surface area contributed by atoms with Gasteiger partial charge in [-0.25, -0.2) is 15.0 Å². The molecule has 5 nitrogen and oxygen atoms in total. The van der Waals surface area contributed by atoms with E-state index in [4.69, 9.17) is 15.0 Å². The Hall–Kier alpha value is -8.41. The zero-order valence-corrected chi connectivity index (χ0v) is 34.9. The van der Waals surface area contributed by atoms with Crippen molar-refractivity contribution in [1.82, 2.24) is 24.1 Å². The lowest BCUT2D eigenvalue weighted by molar-refractivity contribution is 0.979. The molecule has 0 fully saturated rings. The third kappa shape index (κ3) is 5.82. The maximum atomic E-state index is 5.26. The molecule has 0 aliphatic heterocycles. The van der Waals surface area contributed by atoms with E-state index in [0.717, 1.165) is 62.6 Å². The molecule has 0 saturated heterocycles. The van der Waals surface area contributed by atoms with Crippen LogP contribution in [0.15, 0.2) is 212 Å². The van der Waals surface area contributed by atoms with Crippen molar-refractivity contribution in [3.05, 3.63) is 212 Å². The molecule has 300 valence electrons. The quantitative estimate of drug-likeness (QED) is 0.168. The van der Waals surface area contributed by atoms with Gasteiger partial charge < -0.3 is 9.13 Å². The molecule has 1 aliphatic rings. The molecule has 0 atom stereocenters. The van der Waals surface area contributed by atoms with Crippen molar-refractivity contribution in [2.45, 2.75) is 12.8 Å². The Balaban J connectivity index is 1.05. The highest BCUT2D eigenvalue weighted by molar-refractivity contribution is 6.21. The third-order valence-electron chi connectivity index (χ3n) is 13.0. The first kappa shape index (κ1) is 36.3. The van der Waals surface area contributed by atoms with Gasteiger partial charge in [0.05, 0.1) is 27.8 Å². The summed E-state index contributed by atoms with van der Waals surface area (Å²) < 4.78 is 4.98. The van der Waals surface area contributed by atoms with Gasteiger partial charge in [-0.2, -0.15) is 0 Å². The van der Waals surface area contributed by atoms with Gasteiger partial charge >= 0.3 is 0 Å². The molecule has 64 heavy (non-hydrogen) atoms. The van der Waals surface area contributed by atoms with Crippen molar-refractivity contribution >= 4 is 70.9 Å². The average Bonchev–Trinajstić information content (AvgIpc) is 3.86. The molecule has 0 amide bonds. The summed E-state index contributed by atoms with van der Waals surface area (Å²) in [5.41, 5.74) is 12.3. The molecule has 0 unspecified atom stereocenters. The Kier molecular flexibility index (Phi) is 8.28. The number of aromatic nitrogens is 5. The number of allylic oxidation sites excluding steroid dienone is 4. The van der Waals surface area contributed by atoms with E-state index >= 15 is 0 Å². The van der Waals surface area contributed by atoms with Gasteiger partial charge in [0, 0.05) is 49.3 Å². The van der Waals surface area contributed by atoms with E-state index in [1.54, 1.807) is 0 Å². The molecule has 0 radical (unpaired) electrons. The van der Waals surface area contributed by atoms with Gasteiger partial charge in [-0.3, -0.25) is 0 Å². The maximum absolute atomic E-state index is 5.26. The van der Waals surface area contributed by atoms with Gasteiger partial charge in [-0.15, -0.1) is 0 Å². The molecule has 3 heterocycles. The monoisotopic (exact) mass is 817 g/mol. The number of hydrogen-bond donors (Lipinski definition) is 0. The number of nitrogens with zero attached hydrogens (tertiary/aromatic N) is 5. The van der Waals surface area contributed by atoms with Crippen molar-refractivity contribution in [2.24, 2.45) is 0 Å². The first-order chi connectivity index (χ1) is 31.7. The fourth-order valence-corrected chi connectivity index (χ4v) is 10.0. The Morgan fingerprint density at radius 1 is 0.359 bits per heavy atom. The predicted molar refractivity (Wildman–Crippen MR) is 267 cm³/mol. The van der Waals surface area contributed by atoms with Gasteiger partial charge in [0.2, 0.25) is 0 Å². The average molecular weight is 818 g/mol. The number of rotatable bonds is 6. The number of para-hydroxylation sites is 1. The van der Waals surface area contributed by atoms with Crippen molar-refractivity contribution in [3.63, 3.8) is 0 Å². The Morgan fingerprint density at radius 2 is 0.953 bits per heavy atom. The van der Waals surface area contributed by atoms with Gasteiger partial charge in [-0.1, -0.05) is 164 Å². The highest BCUT2D eigenvalue weighted by Gasteiger charge is 2.22. The summed E-state index contributed by atoms with van der Waals surface area (Å²) >= 11 is 0. The summed E-state index contributed by atoms with van der Waals surface area (Å²) in [6.45, 7) is 0. The van der Waals surface area contributed by atoms with Crippen molar-refractivity contribution in [2.75, 3.05) is 0 Å². The molecule has 13 rings (SSSR count). The minimum Gasteiger partial charge on any atom is -0.313 e. The van der Waals surface area contributed by atoms with Crippen molar-refractivity contribution < 1.29 is 0 Å². The second kappa shape index (κ2) is 14.6. The van der Waals surface area contributed by atoms with E-state index in [-0.39, 0.29) is 0 Å². The standard InChI is InChI=1S/C59H39N5/c1-4-17-38(18-5-1)40-23-14-24-43(33-40)58-60-57(39-19-6-2-7-20-39)61-59(62-58)48-30-15-29-46-45(48)28-16-32-53(46)64-52-31-13-12-27-47(52)50-36-51-49-34-41-21-10-11-22-42(41)35-54(49)63(55(51)37-56(50)64)44-25-8-3-9-26-44/h1-8,10-25,27-37H,9,26H2. The third-order valence-corrected chi connectivity index (χ3v) is 13.0. The van der Waals surface area contributed by atoms with Crippen LogP contribution in [0.25, 0.3) is 122 Å². The van der Waals surface area contributed by atoms with Crippen LogP contribution in [0.3, 0.4) is 0 Å². The zero-order valence-electron chi connectivity index (χ0n) is 34.9. The van der Waals surface area contributed by atoms with E-state index in [0.29, 0.717) is 17.5 Å². The summed E-state index contributed by atoms with van der Waals surface area (Å²) in [5.74, 6) is 1.90. The van der Waals surface area contributed by atoms with Crippen LogP contribution in [0.5, 0.6) is 0 Å². The molecule has 0 N–H and O–H groups in total. The lowest BCUT2D eigenvalue weighted by atomic mass is 10.0. The Bertz CT molecular complexity index is 3890. The lowest BCUT2D eigenvalue weighted by Gasteiger charge is -2.16. The molecule has 0 bridgehead atoms. The van der Waals surface area contributed by atoms with Crippen molar-refractivity contribution in [3.8, 4) is 51.0 Å². The Morgan fingerprint density at radius 3 is 1.78 bits per heavy atom. The maximum Gasteiger partial charge on any atom is 0.164 e. The van der Waals surface area contributed by atoms with E-state index in [9.17, 15) is 0 Å². The van der Waals surface area contributed by atoms with E-state index in [2.05, 4.69) is 197 Å². The molecule has 3 aromatic heterocycles. The van der Waals surface area contributed by atoms with Crippen LogP contribution in [-0.2, 0) is 0 Å².